The largest absolute Gasteiger partial charge is 0.375 e. The van der Waals surface area contributed by atoms with Gasteiger partial charge in [-0.05, 0) is 11.6 Å². The summed E-state index contributed by atoms with van der Waals surface area (Å²) in [6.45, 7) is 0.0741. The van der Waals surface area contributed by atoms with E-state index in [1.54, 1.807) is 14.1 Å². The number of nitrogens with zero attached hydrogens (tertiary/aromatic N) is 1. The number of nitrogens with one attached hydrogen (secondary N) is 1. The maximum Gasteiger partial charge on any atom is 0.182 e. The van der Waals surface area contributed by atoms with Crippen LogP contribution in [0.3, 0.4) is 0 Å². The van der Waals surface area contributed by atoms with Gasteiger partial charge >= 0.3 is 0 Å². The molecule has 0 atom stereocenters. The molecule has 0 saturated carbocycles. The fourth-order valence-corrected chi connectivity index (χ4v) is 1.29. The number of anilines is 1. The molecule has 0 bridgehead atoms. The second-order valence-corrected chi connectivity index (χ2v) is 3.10. The Hall–Kier alpha value is -1.20. The lowest BCUT2D eigenvalue weighted by molar-refractivity contribution is 0.161. The summed E-state index contributed by atoms with van der Waals surface area (Å²) in [4.78, 5) is 1.46. The monoisotopic (exact) mass is 202 g/mol. The molecule has 0 spiro atoms. The van der Waals surface area contributed by atoms with Gasteiger partial charge in [-0.3, -0.25) is 0 Å². The van der Waals surface area contributed by atoms with E-state index in [1.807, 2.05) is 5.48 Å². The van der Waals surface area contributed by atoms with E-state index < -0.39 is 11.6 Å². The minimum Gasteiger partial charge on any atom is -0.375 e. The van der Waals surface area contributed by atoms with E-state index in [1.165, 1.54) is 11.0 Å². The molecule has 3 nitrogen and oxygen atoms in total. The molecule has 2 N–H and O–H groups in total. The summed E-state index contributed by atoms with van der Waals surface area (Å²) >= 11 is 0. The standard InChI is InChI=1S/C9H12F2N2O/c1-13(2)9-6(5-12-14)3-4-7(10)8(9)11/h3-4,12,14H,5H2,1-2H3. The van der Waals surface area contributed by atoms with Crippen molar-refractivity contribution in [2.75, 3.05) is 19.0 Å². The van der Waals surface area contributed by atoms with E-state index in [0.717, 1.165) is 6.07 Å². The van der Waals surface area contributed by atoms with E-state index in [-0.39, 0.29) is 12.2 Å². The molecule has 0 radical (unpaired) electrons. The minimum absolute atomic E-state index is 0.0741. The molecule has 0 aliphatic carbocycles. The minimum atomic E-state index is -0.900. The van der Waals surface area contributed by atoms with Gasteiger partial charge in [-0.15, -0.1) is 0 Å². The zero-order chi connectivity index (χ0) is 10.7. The third-order valence-corrected chi connectivity index (χ3v) is 1.87. The van der Waals surface area contributed by atoms with Crippen LogP contribution in [-0.4, -0.2) is 19.3 Å². The van der Waals surface area contributed by atoms with Crippen molar-refractivity contribution in [1.82, 2.24) is 5.48 Å². The topological polar surface area (TPSA) is 35.5 Å². The Morgan fingerprint density at radius 1 is 1.36 bits per heavy atom. The predicted octanol–water partition coefficient (Wildman–Crippen LogP) is 1.51. The molecule has 0 heterocycles. The highest BCUT2D eigenvalue weighted by Gasteiger charge is 2.14. The van der Waals surface area contributed by atoms with Gasteiger partial charge in [-0.2, -0.15) is 0 Å². The average molecular weight is 202 g/mol. The maximum atomic E-state index is 13.3. The molecule has 5 heteroatoms. The molecule has 0 amide bonds. The van der Waals surface area contributed by atoms with Crippen LogP contribution in [-0.2, 0) is 6.54 Å². The van der Waals surface area contributed by atoms with Crippen molar-refractivity contribution in [3.05, 3.63) is 29.3 Å². The number of hydrogen-bond donors (Lipinski definition) is 2. The summed E-state index contributed by atoms with van der Waals surface area (Å²) in [7, 11) is 3.22. The van der Waals surface area contributed by atoms with Gasteiger partial charge in [0.2, 0.25) is 0 Å². The Kier molecular flexibility index (Phi) is 3.38. The van der Waals surface area contributed by atoms with E-state index in [4.69, 9.17) is 5.21 Å². The number of hydrogen-bond acceptors (Lipinski definition) is 3. The van der Waals surface area contributed by atoms with Crippen LogP contribution in [0.4, 0.5) is 14.5 Å². The van der Waals surface area contributed by atoms with Crippen molar-refractivity contribution in [2.45, 2.75) is 6.54 Å². The van der Waals surface area contributed by atoms with Crippen molar-refractivity contribution in [2.24, 2.45) is 0 Å². The van der Waals surface area contributed by atoms with E-state index in [9.17, 15) is 8.78 Å². The molecule has 1 rings (SSSR count). The van der Waals surface area contributed by atoms with Crippen LogP contribution in [0.15, 0.2) is 12.1 Å². The SMILES string of the molecule is CN(C)c1c(CNO)ccc(F)c1F. The molecule has 0 saturated heterocycles. The molecular weight excluding hydrogens is 190 g/mol. The number of halogens is 2. The van der Waals surface area contributed by atoms with Gasteiger partial charge < -0.3 is 10.1 Å². The smallest absolute Gasteiger partial charge is 0.182 e. The van der Waals surface area contributed by atoms with E-state index in [0.29, 0.717) is 5.56 Å². The van der Waals surface area contributed by atoms with Gasteiger partial charge in [0.05, 0.1) is 5.69 Å². The first-order chi connectivity index (χ1) is 6.57. The zero-order valence-corrected chi connectivity index (χ0v) is 8.01. The Bertz CT molecular complexity index is 329. The van der Waals surface area contributed by atoms with Crippen LogP contribution in [0.1, 0.15) is 5.56 Å². The van der Waals surface area contributed by atoms with Crippen LogP contribution in [0, 0.1) is 11.6 Å². The van der Waals surface area contributed by atoms with Crippen LogP contribution < -0.4 is 10.4 Å². The summed E-state index contributed by atoms with van der Waals surface area (Å²) in [6, 6.07) is 2.46. The van der Waals surface area contributed by atoms with Crippen LogP contribution >= 0.6 is 0 Å². The summed E-state index contributed by atoms with van der Waals surface area (Å²) in [6.07, 6.45) is 0. The van der Waals surface area contributed by atoms with E-state index in [2.05, 4.69) is 0 Å². The second kappa shape index (κ2) is 4.34. The molecule has 1 aromatic carbocycles. The second-order valence-electron chi connectivity index (χ2n) is 3.10. The number of benzene rings is 1. The van der Waals surface area contributed by atoms with Gasteiger partial charge in [-0.1, -0.05) is 6.07 Å². The molecule has 14 heavy (non-hydrogen) atoms. The van der Waals surface area contributed by atoms with Crippen molar-refractivity contribution < 1.29 is 14.0 Å². The molecule has 78 valence electrons. The Morgan fingerprint density at radius 3 is 2.50 bits per heavy atom. The summed E-state index contributed by atoms with van der Waals surface area (Å²) < 4.78 is 26.2. The molecule has 0 unspecified atom stereocenters. The molecule has 1 aromatic rings. The Balaban J connectivity index is 3.23. The quantitative estimate of drug-likeness (QED) is 0.729. The number of hydroxylamine groups is 1. The van der Waals surface area contributed by atoms with Crippen molar-refractivity contribution in [1.29, 1.82) is 0 Å². The summed E-state index contributed by atoms with van der Waals surface area (Å²) in [5.74, 6) is -1.79. The molecule has 0 fully saturated rings. The van der Waals surface area contributed by atoms with Crippen LogP contribution in [0.5, 0.6) is 0 Å². The van der Waals surface area contributed by atoms with Gasteiger partial charge in [-0.25, -0.2) is 14.3 Å². The van der Waals surface area contributed by atoms with Crippen molar-refractivity contribution in [3.8, 4) is 0 Å². The van der Waals surface area contributed by atoms with Gasteiger partial charge in [0.15, 0.2) is 11.6 Å². The van der Waals surface area contributed by atoms with Crippen LogP contribution in [0.2, 0.25) is 0 Å². The van der Waals surface area contributed by atoms with Gasteiger partial charge in [0, 0.05) is 20.6 Å². The normalized spacial score (nSPS) is 10.4. The highest BCUT2D eigenvalue weighted by atomic mass is 19.2. The zero-order valence-electron chi connectivity index (χ0n) is 8.01. The lowest BCUT2D eigenvalue weighted by Gasteiger charge is -2.18. The third-order valence-electron chi connectivity index (χ3n) is 1.87. The first-order valence-electron chi connectivity index (χ1n) is 4.09. The maximum absolute atomic E-state index is 13.3. The first-order valence-corrected chi connectivity index (χ1v) is 4.09. The number of rotatable bonds is 3. The fourth-order valence-electron chi connectivity index (χ4n) is 1.29. The molecule has 0 aliphatic rings. The molecule has 0 aliphatic heterocycles. The Morgan fingerprint density at radius 2 is 2.00 bits per heavy atom. The lowest BCUT2D eigenvalue weighted by atomic mass is 10.1. The third kappa shape index (κ3) is 2.00. The lowest BCUT2D eigenvalue weighted by Crippen LogP contribution is -2.17. The summed E-state index contributed by atoms with van der Waals surface area (Å²) in [5, 5.41) is 8.50. The predicted molar refractivity (Wildman–Crippen MR) is 49.3 cm³/mol. The highest BCUT2D eigenvalue weighted by molar-refractivity contribution is 5.54. The molecule has 0 aromatic heterocycles. The first kappa shape index (κ1) is 10.9. The highest BCUT2D eigenvalue weighted by Crippen LogP contribution is 2.24. The summed E-state index contributed by atoms with van der Waals surface area (Å²) in [5.41, 5.74) is 2.55. The van der Waals surface area contributed by atoms with Crippen LogP contribution in [0.25, 0.3) is 0 Å². The van der Waals surface area contributed by atoms with Gasteiger partial charge in [0.25, 0.3) is 0 Å². The molecular formula is C9H12F2N2O. The van der Waals surface area contributed by atoms with Crippen molar-refractivity contribution >= 4 is 5.69 Å². The van der Waals surface area contributed by atoms with E-state index >= 15 is 0 Å². The van der Waals surface area contributed by atoms with Gasteiger partial charge in [0.1, 0.15) is 0 Å². The Labute approximate surface area is 80.9 Å². The van der Waals surface area contributed by atoms with Crippen molar-refractivity contribution in [3.63, 3.8) is 0 Å². The average Bonchev–Trinajstić information content (AvgIpc) is 2.11. The fraction of sp³-hybridized carbons (Fsp3) is 0.333.